The second-order valence-corrected chi connectivity index (χ2v) is 6.11. The van der Waals surface area contributed by atoms with Crippen LogP contribution < -0.4 is 5.32 Å². The Kier molecular flexibility index (Phi) is 4.99. The minimum absolute atomic E-state index is 0.117. The van der Waals surface area contributed by atoms with E-state index >= 15 is 0 Å². The van der Waals surface area contributed by atoms with Crippen LogP contribution in [0.4, 0.5) is 0 Å². The lowest BCUT2D eigenvalue weighted by atomic mass is 9.91. The molecule has 1 aromatic heterocycles. The summed E-state index contributed by atoms with van der Waals surface area (Å²) in [4.78, 5) is 23.4. The Labute approximate surface area is 116 Å². The summed E-state index contributed by atoms with van der Waals surface area (Å²) in [7, 11) is 0. The molecule has 1 rings (SSSR count). The summed E-state index contributed by atoms with van der Waals surface area (Å²) in [6.07, 6.45) is 0.475. The molecule has 0 saturated carbocycles. The molecular weight excluding hydrogens is 266 g/mol. The molecular formula is C12H19N3O3S. The molecule has 0 aliphatic heterocycles. The van der Waals surface area contributed by atoms with Crippen LogP contribution >= 0.6 is 11.5 Å². The number of carboxylic acids is 1. The van der Waals surface area contributed by atoms with E-state index in [1.54, 1.807) is 6.92 Å². The molecule has 0 fully saturated rings. The zero-order valence-corrected chi connectivity index (χ0v) is 12.4. The van der Waals surface area contributed by atoms with Crippen molar-refractivity contribution < 1.29 is 14.7 Å². The Morgan fingerprint density at radius 3 is 2.53 bits per heavy atom. The molecule has 19 heavy (non-hydrogen) atoms. The van der Waals surface area contributed by atoms with Crippen molar-refractivity contribution in [3.63, 3.8) is 0 Å². The second-order valence-electron chi connectivity index (χ2n) is 5.35. The van der Waals surface area contributed by atoms with Crippen molar-refractivity contribution in [3.8, 4) is 0 Å². The molecule has 1 aromatic rings. The number of carbonyl (C=O) groups is 2. The maximum atomic E-state index is 12.0. The molecule has 1 atom stereocenters. The fourth-order valence-electron chi connectivity index (χ4n) is 1.53. The van der Waals surface area contributed by atoms with Crippen LogP contribution in [-0.2, 0) is 10.2 Å². The third kappa shape index (κ3) is 3.99. The van der Waals surface area contributed by atoms with Gasteiger partial charge in [0.2, 0.25) is 0 Å². The highest BCUT2D eigenvalue weighted by Crippen LogP contribution is 2.25. The van der Waals surface area contributed by atoms with Crippen LogP contribution in [0.15, 0.2) is 0 Å². The molecule has 106 valence electrons. The Morgan fingerprint density at radius 2 is 2.05 bits per heavy atom. The summed E-state index contributed by atoms with van der Waals surface area (Å²) in [5.41, 5.74) is 0.370. The predicted molar refractivity (Wildman–Crippen MR) is 72.4 cm³/mol. The van der Waals surface area contributed by atoms with Gasteiger partial charge in [-0.2, -0.15) is 0 Å². The van der Waals surface area contributed by atoms with E-state index < -0.39 is 11.9 Å². The molecule has 0 saturated heterocycles. The van der Waals surface area contributed by atoms with Crippen LogP contribution in [0.1, 0.15) is 49.5 Å². The molecule has 1 amide bonds. The number of aliphatic carboxylic acids is 1. The monoisotopic (exact) mass is 285 g/mol. The van der Waals surface area contributed by atoms with Crippen molar-refractivity contribution in [2.24, 2.45) is 5.92 Å². The van der Waals surface area contributed by atoms with Gasteiger partial charge in [-0.15, -0.1) is 5.10 Å². The van der Waals surface area contributed by atoms with Gasteiger partial charge in [-0.3, -0.25) is 9.59 Å². The van der Waals surface area contributed by atoms with Crippen molar-refractivity contribution in [2.45, 2.75) is 39.5 Å². The molecule has 0 aromatic carbocycles. The van der Waals surface area contributed by atoms with Gasteiger partial charge in [0.25, 0.3) is 5.91 Å². The first kappa shape index (κ1) is 15.6. The van der Waals surface area contributed by atoms with Crippen LogP contribution in [0.2, 0.25) is 0 Å². The van der Waals surface area contributed by atoms with Gasteiger partial charge in [-0.1, -0.05) is 32.2 Å². The van der Waals surface area contributed by atoms with Crippen LogP contribution in [0.3, 0.4) is 0 Å². The largest absolute Gasteiger partial charge is 0.481 e. The fraction of sp³-hybridized carbons (Fsp3) is 0.667. The van der Waals surface area contributed by atoms with Gasteiger partial charge in [0.1, 0.15) is 4.88 Å². The van der Waals surface area contributed by atoms with Crippen LogP contribution in [0, 0.1) is 5.92 Å². The van der Waals surface area contributed by atoms with Crippen molar-refractivity contribution in [1.29, 1.82) is 0 Å². The number of hydrogen-bond donors (Lipinski definition) is 2. The molecule has 6 nitrogen and oxygen atoms in total. The molecule has 0 bridgehead atoms. The summed E-state index contributed by atoms with van der Waals surface area (Å²) >= 11 is 1.03. The highest BCUT2D eigenvalue weighted by molar-refractivity contribution is 7.08. The van der Waals surface area contributed by atoms with Crippen molar-refractivity contribution in [2.75, 3.05) is 6.54 Å². The van der Waals surface area contributed by atoms with Gasteiger partial charge < -0.3 is 10.4 Å². The number of rotatable bonds is 5. The number of carbonyl (C=O) groups excluding carboxylic acids is 1. The van der Waals surface area contributed by atoms with Crippen LogP contribution in [0.5, 0.6) is 0 Å². The standard InChI is InChI=1S/C12H19N3O3S/c1-5-7(11(17)18)6-13-10(16)8-9(12(2,3)4)14-15-19-8/h7H,5-6H2,1-4H3,(H,13,16)(H,17,18). The third-order valence-corrected chi connectivity index (χ3v) is 3.48. The highest BCUT2D eigenvalue weighted by atomic mass is 32.1. The van der Waals surface area contributed by atoms with Crippen molar-refractivity contribution in [1.82, 2.24) is 14.9 Å². The third-order valence-electron chi connectivity index (χ3n) is 2.76. The number of carboxylic acid groups (broad SMARTS) is 1. The van der Waals surface area contributed by atoms with E-state index in [0.29, 0.717) is 17.0 Å². The zero-order chi connectivity index (χ0) is 14.6. The lowest BCUT2D eigenvalue weighted by Crippen LogP contribution is -2.33. The summed E-state index contributed by atoms with van der Waals surface area (Å²) in [6, 6.07) is 0. The molecule has 1 heterocycles. The second kappa shape index (κ2) is 6.10. The molecule has 7 heteroatoms. The van der Waals surface area contributed by atoms with Gasteiger partial charge >= 0.3 is 5.97 Å². The first-order chi connectivity index (χ1) is 8.77. The Bertz CT molecular complexity index is 465. The normalized spacial score (nSPS) is 13.1. The quantitative estimate of drug-likeness (QED) is 0.858. The highest BCUT2D eigenvalue weighted by Gasteiger charge is 2.27. The number of aromatic nitrogens is 2. The van der Waals surface area contributed by atoms with E-state index in [2.05, 4.69) is 14.9 Å². The van der Waals surface area contributed by atoms with Gasteiger partial charge in [-0.25, -0.2) is 0 Å². The Balaban J connectivity index is 2.75. The van der Waals surface area contributed by atoms with Gasteiger partial charge in [-0.05, 0) is 18.0 Å². The number of amides is 1. The summed E-state index contributed by atoms with van der Waals surface area (Å²) < 4.78 is 3.81. The molecule has 0 spiro atoms. The average molecular weight is 285 g/mol. The topological polar surface area (TPSA) is 92.2 Å². The lowest BCUT2D eigenvalue weighted by molar-refractivity contribution is -0.141. The van der Waals surface area contributed by atoms with Gasteiger partial charge in [0.15, 0.2) is 0 Å². The van der Waals surface area contributed by atoms with Crippen molar-refractivity contribution in [3.05, 3.63) is 10.6 Å². The number of nitrogens with one attached hydrogen (secondary N) is 1. The lowest BCUT2D eigenvalue weighted by Gasteiger charge is -2.16. The summed E-state index contributed by atoms with van der Waals surface area (Å²) in [6.45, 7) is 7.75. The van der Waals surface area contributed by atoms with E-state index in [1.165, 1.54) is 0 Å². The van der Waals surface area contributed by atoms with Crippen LogP contribution in [0.25, 0.3) is 0 Å². The molecule has 0 radical (unpaired) electrons. The van der Waals surface area contributed by atoms with Crippen molar-refractivity contribution >= 4 is 23.4 Å². The fourth-order valence-corrected chi connectivity index (χ4v) is 2.33. The Hall–Kier alpha value is -1.50. The van der Waals surface area contributed by atoms with E-state index in [0.717, 1.165) is 11.5 Å². The van der Waals surface area contributed by atoms with Gasteiger partial charge in [0.05, 0.1) is 11.6 Å². The van der Waals surface area contributed by atoms with E-state index in [4.69, 9.17) is 5.11 Å². The molecule has 0 aliphatic carbocycles. The summed E-state index contributed by atoms with van der Waals surface area (Å²) in [5, 5.41) is 15.5. The van der Waals surface area contributed by atoms with E-state index in [-0.39, 0.29) is 17.9 Å². The molecule has 2 N–H and O–H groups in total. The van der Waals surface area contributed by atoms with E-state index in [9.17, 15) is 9.59 Å². The first-order valence-electron chi connectivity index (χ1n) is 6.11. The maximum Gasteiger partial charge on any atom is 0.308 e. The molecule has 1 unspecified atom stereocenters. The Morgan fingerprint density at radius 1 is 1.42 bits per heavy atom. The van der Waals surface area contributed by atoms with E-state index in [1.807, 2.05) is 20.8 Å². The SMILES string of the molecule is CCC(CNC(=O)c1snnc1C(C)(C)C)C(=O)O. The average Bonchev–Trinajstić information content (AvgIpc) is 2.77. The van der Waals surface area contributed by atoms with Crippen LogP contribution in [-0.4, -0.2) is 33.1 Å². The number of hydrogen-bond acceptors (Lipinski definition) is 5. The predicted octanol–water partition coefficient (Wildman–Crippen LogP) is 1.68. The van der Waals surface area contributed by atoms with Gasteiger partial charge in [0, 0.05) is 12.0 Å². The summed E-state index contributed by atoms with van der Waals surface area (Å²) in [5.74, 6) is -1.77. The molecule has 0 aliphatic rings. The smallest absolute Gasteiger partial charge is 0.308 e. The number of nitrogens with zero attached hydrogens (tertiary/aromatic N) is 2. The first-order valence-corrected chi connectivity index (χ1v) is 6.88. The minimum Gasteiger partial charge on any atom is -0.481 e. The maximum absolute atomic E-state index is 12.0. The minimum atomic E-state index is -0.902. The zero-order valence-electron chi connectivity index (χ0n) is 11.6.